The fraction of sp³-hybridized carbons (Fsp3) is 0.909. The number of amides is 1. The molecule has 1 heterocycles. The van der Waals surface area contributed by atoms with E-state index >= 15 is 0 Å². The molecule has 1 amide bonds. The number of hydrogen-bond acceptors (Lipinski definition) is 2. The van der Waals surface area contributed by atoms with Crippen LogP contribution in [-0.2, 0) is 4.74 Å². The lowest BCUT2D eigenvalue weighted by Crippen LogP contribution is -2.35. The van der Waals surface area contributed by atoms with Gasteiger partial charge in [0.2, 0.25) is 6.43 Å². The van der Waals surface area contributed by atoms with Gasteiger partial charge in [-0.15, -0.1) is 0 Å². The number of nitrogens with zero attached hydrogens (tertiary/aromatic N) is 1. The Morgan fingerprint density at radius 1 is 1.50 bits per heavy atom. The fourth-order valence-electron chi connectivity index (χ4n) is 1.77. The van der Waals surface area contributed by atoms with Crippen LogP contribution in [0.1, 0.15) is 33.6 Å². The average Bonchev–Trinajstić information content (AvgIpc) is 2.48. The average molecular weight is 235 g/mol. The molecule has 1 atom stereocenters. The molecular formula is C11H19F2NO2. The number of carbonyl (C=O) groups excluding carboxylic acids is 1. The van der Waals surface area contributed by atoms with E-state index in [0.29, 0.717) is 19.5 Å². The van der Waals surface area contributed by atoms with Gasteiger partial charge in [0.05, 0.1) is 0 Å². The monoisotopic (exact) mass is 235 g/mol. The van der Waals surface area contributed by atoms with E-state index in [1.165, 1.54) is 4.90 Å². The number of rotatable bonds is 2. The van der Waals surface area contributed by atoms with Gasteiger partial charge in [-0.05, 0) is 33.1 Å². The van der Waals surface area contributed by atoms with Crippen LogP contribution in [0.2, 0.25) is 0 Å². The van der Waals surface area contributed by atoms with Crippen molar-refractivity contribution >= 4 is 6.09 Å². The van der Waals surface area contributed by atoms with Gasteiger partial charge in [-0.3, -0.25) is 0 Å². The van der Waals surface area contributed by atoms with Crippen LogP contribution in [0.5, 0.6) is 0 Å². The highest BCUT2D eigenvalue weighted by Crippen LogP contribution is 2.24. The molecule has 0 saturated carbocycles. The number of likely N-dealkylation sites (tertiary alicyclic amines) is 1. The van der Waals surface area contributed by atoms with E-state index in [0.717, 1.165) is 0 Å². The van der Waals surface area contributed by atoms with Gasteiger partial charge >= 0.3 is 6.09 Å². The standard InChI is InChI=1S/C11H19F2NO2/c1-11(2,3)16-10(15)14-5-4-8(7-14)6-9(12)13/h8-9H,4-7H2,1-3H3/t8-/m0/s1. The molecule has 3 nitrogen and oxygen atoms in total. The van der Waals surface area contributed by atoms with Crippen LogP contribution >= 0.6 is 0 Å². The quantitative estimate of drug-likeness (QED) is 0.736. The molecule has 1 fully saturated rings. The first-order chi connectivity index (χ1) is 7.28. The Hall–Kier alpha value is -0.870. The van der Waals surface area contributed by atoms with Crippen molar-refractivity contribution in [2.45, 2.75) is 45.6 Å². The third-order valence-electron chi connectivity index (χ3n) is 2.45. The van der Waals surface area contributed by atoms with E-state index in [-0.39, 0.29) is 12.3 Å². The number of hydrogen-bond donors (Lipinski definition) is 0. The first kappa shape index (κ1) is 13.2. The Labute approximate surface area is 94.7 Å². The van der Waals surface area contributed by atoms with Crippen molar-refractivity contribution in [3.8, 4) is 0 Å². The molecule has 0 aromatic heterocycles. The SMILES string of the molecule is CC(C)(C)OC(=O)N1CC[C@@H](CC(F)F)C1. The minimum Gasteiger partial charge on any atom is -0.444 e. The minimum atomic E-state index is -2.29. The van der Waals surface area contributed by atoms with E-state index in [1.807, 2.05) is 0 Å². The number of alkyl halides is 2. The summed E-state index contributed by atoms with van der Waals surface area (Å²) in [5.74, 6) is -0.0903. The van der Waals surface area contributed by atoms with Gasteiger partial charge in [-0.25, -0.2) is 13.6 Å². The van der Waals surface area contributed by atoms with Gasteiger partial charge in [0, 0.05) is 19.5 Å². The predicted molar refractivity (Wildman–Crippen MR) is 56.5 cm³/mol. The maximum Gasteiger partial charge on any atom is 0.410 e. The van der Waals surface area contributed by atoms with Crippen molar-refractivity contribution in [1.29, 1.82) is 0 Å². The highest BCUT2D eigenvalue weighted by molar-refractivity contribution is 5.68. The van der Waals surface area contributed by atoms with Gasteiger partial charge in [0.1, 0.15) is 5.60 Å². The molecule has 0 unspecified atom stereocenters. The number of halogens is 2. The normalized spacial score (nSPS) is 21.6. The summed E-state index contributed by atoms with van der Waals surface area (Å²) in [5.41, 5.74) is -0.530. The van der Waals surface area contributed by atoms with Crippen molar-refractivity contribution in [2.24, 2.45) is 5.92 Å². The Bertz CT molecular complexity index is 251. The van der Waals surface area contributed by atoms with Crippen LogP contribution < -0.4 is 0 Å². The van der Waals surface area contributed by atoms with Crippen molar-refractivity contribution < 1.29 is 18.3 Å². The minimum absolute atomic E-state index is 0.0903. The summed E-state index contributed by atoms with van der Waals surface area (Å²) in [7, 11) is 0. The summed E-state index contributed by atoms with van der Waals surface area (Å²) < 4.78 is 29.5. The molecule has 1 saturated heterocycles. The van der Waals surface area contributed by atoms with Crippen molar-refractivity contribution in [3.05, 3.63) is 0 Å². The molecule has 0 spiro atoms. The topological polar surface area (TPSA) is 29.5 Å². The zero-order valence-electron chi connectivity index (χ0n) is 10.0. The smallest absolute Gasteiger partial charge is 0.410 e. The highest BCUT2D eigenvalue weighted by Gasteiger charge is 2.30. The fourth-order valence-corrected chi connectivity index (χ4v) is 1.77. The molecule has 5 heteroatoms. The second kappa shape index (κ2) is 4.97. The summed E-state index contributed by atoms with van der Waals surface area (Å²) in [4.78, 5) is 13.1. The van der Waals surface area contributed by atoms with Gasteiger partial charge < -0.3 is 9.64 Å². The van der Waals surface area contributed by atoms with Crippen molar-refractivity contribution in [1.82, 2.24) is 4.90 Å². The molecule has 0 aliphatic carbocycles. The number of carbonyl (C=O) groups is 1. The lowest BCUT2D eigenvalue weighted by molar-refractivity contribution is 0.0279. The second-order valence-corrected chi connectivity index (χ2v) is 5.21. The van der Waals surface area contributed by atoms with E-state index in [1.54, 1.807) is 20.8 Å². The Morgan fingerprint density at radius 2 is 2.12 bits per heavy atom. The lowest BCUT2D eigenvalue weighted by atomic mass is 10.1. The van der Waals surface area contributed by atoms with E-state index in [2.05, 4.69) is 0 Å². The Kier molecular flexibility index (Phi) is 4.10. The summed E-state index contributed by atoms with van der Waals surface area (Å²) in [6.07, 6.45) is -2.17. The largest absolute Gasteiger partial charge is 0.444 e. The zero-order valence-corrected chi connectivity index (χ0v) is 10.0. The molecule has 0 aromatic rings. The molecule has 94 valence electrons. The van der Waals surface area contributed by atoms with E-state index in [9.17, 15) is 13.6 Å². The zero-order chi connectivity index (χ0) is 12.3. The second-order valence-electron chi connectivity index (χ2n) is 5.21. The van der Waals surface area contributed by atoms with E-state index in [4.69, 9.17) is 4.74 Å². The molecule has 0 N–H and O–H groups in total. The highest BCUT2D eigenvalue weighted by atomic mass is 19.3. The lowest BCUT2D eigenvalue weighted by Gasteiger charge is -2.24. The van der Waals surface area contributed by atoms with Gasteiger partial charge in [-0.2, -0.15) is 0 Å². The molecule has 0 radical (unpaired) electrons. The molecular weight excluding hydrogens is 216 g/mol. The van der Waals surface area contributed by atoms with Crippen LogP contribution in [0, 0.1) is 5.92 Å². The van der Waals surface area contributed by atoms with Crippen molar-refractivity contribution in [3.63, 3.8) is 0 Å². The predicted octanol–water partition coefficient (Wildman–Crippen LogP) is 2.90. The molecule has 16 heavy (non-hydrogen) atoms. The Morgan fingerprint density at radius 3 is 2.62 bits per heavy atom. The van der Waals surface area contributed by atoms with Crippen LogP contribution in [0.15, 0.2) is 0 Å². The third-order valence-corrected chi connectivity index (χ3v) is 2.45. The molecule has 1 aliphatic heterocycles. The van der Waals surface area contributed by atoms with E-state index < -0.39 is 18.1 Å². The molecule has 1 rings (SSSR count). The summed E-state index contributed by atoms with van der Waals surface area (Å²) in [6.45, 7) is 6.28. The molecule has 1 aliphatic rings. The first-order valence-electron chi connectivity index (χ1n) is 5.54. The summed E-state index contributed by atoms with van der Waals surface area (Å²) in [6, 6.07) is 0. The summed E-state index contributed by atoms with van der Waals surface area (Å²) >= 11 is 0. The third kappa shape index (κ3) is 4.33. The Balaban J connectivity index is 2.38. The van der Waals surface area contributed by atoms with Crippen LogP contribution in [0.3, 0.4) is 0 Å². The molecule has 0 aromatic carbocycles. The van der Waals surface area contributed by atoms with Gasteiger partial charge in [-0.1, -0.05) is 0 Å². The van der Waals surface area contributed by atoms with Crippen LogP contribution in [0.25, 0.3) is 0 Å². The first-order valence-corrected chi connectivity index (χ1v) is 5.54. The maximum atomic E-state index is 12.2. The maximum absolute atomic E-state index is 12.2. The summed E-state index contributed by atoms with van der Waals surface area (Å²) in [5, 5.41) is 0. The molecule has 0 bridgehead atoms. The van der Waals surface area contributed by atoms with Crippen molar-refractivity contribution in [2.75, 3.05) is 13.1 Å². The van der Waals surface area contributed by atoms with Crippen LogP contribution in [-0.4, -0.2) is 36.1 Å². The van der Waals surface area contributed by atoms with Gasteiger partial charge in [0.25, 0.3) is 0 Å². The number of ether oxygens (including phenoxy) is 1. The van der Waals surface area contributed by atoms with Gasteiger partial charge in [0.15, 0.2) is 0 Å². The van der Waals surface area contributed by atoms with Crippen LogP contribution in [0.4, 0.5) is 13.6 Å².